The molecule has 1 amide bonds. The molecule has 6 rings (SSSR count). The summed E-state index contributed by atoms with van der Waals surface area (Å²) in [6.07, 6.45) is 0.986. The van der Waals surface area contributed by atoms with Crippen molar-refractivity contribution in [1.29, 1.82) is 0 Å². The van der Waals surface area contributed by atoms with Crippen molar-refractivity contribution in [3.05, 3.63) is 81.9 Å². The molecule has 2 atom stereocenters. The van der Waals surface area contributed by atoms with E-state index in [9.17, 15) is 23.5 Å². The largest absolute Gasteiger partial charge is 0.388 e. The van der Waals surface area contributed by atoms with E-state index in [2.05, 4.69) is 32.9 Å². The van der Waals surface area contributed by atoms with Gasteiger partial charge in [0.1, 0.15) is 5.52 Å². The number of hydrogen-bond acceptors (Lipinski definition) is 7. The van der Waals surface area contributed by atoms with Crippen LogP contribution in [0.4, 0.5) is 8.78 Å². The van der Waals surface area contributed by atoms with Crippen molar-refractivity contribution in [2.45, 2.75) is 62.6 Å². The Labute approximate surface area is 246 Å². The van der Waals surface area contributed by atoms with E-state index >= 15 is 0 Å². The van der Waals surface area contributed by atoms with Crippen molar-refractivity contribution in [1.82, 2.24) is 24.1 Å². The van der Waals surface area contributed by atoms with Gasteiger partial charge in [-0.2, -0.15) is 4.37 Å². The summed E-state index contributed by atoms with van der Waals surface area (Å²) < 4.78 is 33.3. The number of likely N-dealkylation sites (tertiary alicyclic amines) is 1. The lowest BCUT2D eigenvalue weighted by atomic mass is 9.90. The Kier molecular flexibility index (Phi) is 7.91. The Morgan fingerprint density at radius 1 is 1.17 bits per heavy atom. The van der Waals surface area contributed by atoms with Gasteiger partial charge in [0.15, 0.2) is 5.52 Å². The lowest BCUT2D eigenvalue weighted by Gasteiger charge is -2.38. The summed E-state index contributed by atoms with van der Waals surface area (Å²) in [7, 11) is 1.97. The zero-order valence-corrected chi connectivity index (χ0v) is 24.1. The summed E-state index contributed by atoms with van der Waals surface area (Å²) in [5, 5.41) is 14.7. The van der Waals surface area contributed by atoms with E-state index in [1.165, 1.54) is 38.5 Å². The average molecular weight is 594 g/mol. The van der Waals surface area contributed by atoms with Gasteiger partial charge in [0.2, 0.25) is 12.3 Å². The first-order chi connectivity index (χ1) is 20.3. The van der Waals surface area contributed by atoms with Gasteiger partial charge in [-0.25, -0.2) is 13.8 Å². The summed E-state index contributed by atoms with van der Waals surface area (Å²) in [6.45, 7) is 0.452. The van der Waals surface area contributed by atoms with E-state index in [1.807, 2.05) is 7.05 Å². The zero-order chi connectivity index (χ0) is 29.4. The molecule has 1 aliphatic heterocycles. The Balaban J connectivity index is 1.13. The number of carbonyl (C=O) groups is 1. The monoisotopic (exact) mass is 593 g/mol. The minimum atomic E-state index is -2.66. The quantitative estimate of drug-likeness (QED) is 0.312. The molecule has 3 heterocycles. The molecule has 1 aliphatic carbocycles. The standard InChI is InChI=1S/C31H33F2N5O3S/c1-34-24-10-8-20-15-21(7-9-22(20)24)28-26-27(36-42-28)30(40)38(18-35-26)17-31(41)11-13-37(14-12-31)25(39)16-23(29(32)33)19-5-3-2-4-6-19/h2-7,9,15,18,23-24,29,34,41H,8,10-14,16-17H2,1H3. The van der Waals surface area contributed by atoms with E-state index in [0.29, 0.717) is 17.1 Å². The van der Waals surface area contributed by atoms with Crippen LogP contribution >= 0.6 is 11.5 Å². The molecule has 2 aromatic carbocycles. The van der Waals surface area contributed by atoms with Gasteiger partial charge in [-0.05, 0) is 72.6 Å². The molecule has 0 bridgehead atoms. The van der Waals surface area contributed by atoms with Crippen molar-refractivity contribution < 1.29 is 18.7 Å². The number of aromatic nitrogens is 3. The van der Waals surface area contributed by atoms with Crippen LogP contribution in [-0.2, 0) is 17.8 Å². The van der Waals surface area contributed by atoms with E-state index < -0.39 is 17.9 Å². The van der Waals surface area contributed by atoms with Gasteiger partial charge in [0, 0.05) is 25.6 Å². The van der Waals surface area contributed by atoms with Crippen LogP contribution < -0.4 is 10.9 Å². The molecule has 2 N–H and O–H groups in total. The van der Waals surface area contributed by atoms with Gasteiger partial charge in [0.25, 0.3) is 5.56 Å². The molecule has 42 heavy (non-hydrogen) atoms. The summed E-state index contributed by atoms with van der Waals surface area (Å²) in [6, 6.07) is 15.0. The predicted molar refractivity (Wildman–Crippen MR) is 158 cm³/mol. The normalized spacial score (nSPS) is 18.9. The summed E-state index contributed by atoms with van der Waals surface area (Å²) >= 11 is 1.24. The highest BCUT2D eigenvalue weighted by molar-refractivity contribution is 7.11. The Hall–Kier alpha value is -3.54. The Morgan fingerprint density at radius 3 is 2.64 bits per heavy atom. The summed E-state index contributed by atoms with van der Waals surface area (Å²) in [5.41, 5.74) is 3.26. The zero-order valence-electron chi connectivity index (χ0n) is 23.3. The Bertz CT molecular complexity index is 1650. The number of hydrogen-bond donors (Lipinski definition) is 2. The maximum absolute atomic E-state index is 13.7. The number of amides is 1. The first-order valence-corrected chi connectivity index (χ1v) is 15.0. The van der Waals surface area contributed by atoms with Crippen molar-refractivity contribution in [2.75, 3.05) is 20.1 Å². The molecule has 0 radical (unpaired) electrons. The maximum atomic E-state index is 13.7. The summed E-state index contributed by atoms with van der Waals surface area (Å²) in [5.74, 6) is -1.55. The minimum absolute atomic E-state index is 0.0115. The number of halogens is 2. The molecule has 220 valence electrons. The molecule has 8 nitrogen and oxygen atoms in total. The highest BCUT2D eigenvalue weighted by Gasteiger charge is 2.36. The number of carbonyl (C=O) groups excluding carboxylic acids is 1. The summed E-state index contributed by atoms with van der Waals surface area (Å²) in [4.78, 5) is 33.2. The van der Waals surface area contributed by atoms with E-state index in [0.717, 1.165) is 23.3 Å². The fourth-order valence-electron chi connectivity index (χ4n) is 6.24. The molecule has 0 saturated carbocycles. The molecule has 11 heteroatoms. The molecule has 4 aromatic rings. The molecule has 1 fully saturated rings. The number of rotatable bonds is 8. The number of aliphatic hydroxyl groups is 1. The molecular weight excluding hydrogens is 560 g/mol. The van der Waals surface area contributed by atoms with Crippen molar-refractivity contribution in [2.24, 2.45) is 0 Å². The van der Waals surface area contributed by atoms with E-state index in [4.69, 9.17) is 0 Å². The van der Waals surface area contributed by atoms with Crippen LogP contribution in [0, 0.1) is 0 Å². The number of alkyl halides is 2. The van der Waals surface area contributed by atoms with E-state index in [-0.39, 0.29) is 55.9 Å². The van der Waals surface area contributed by atoms with E-state index in [1.54, 1.807) is 30.3 Å². The minimum Gasteiger partial charge on any atom is -0.388 e. The van der Waals surface area contributed by atoms with Crippen LogP contribution in [0.25, 0.3) is 21.5 Å². The number of fused-ring (bicyclic) bond motifs is 2. The molecule has 2 aliphatic rings. The van der Waals surface area contributed by atoms with Crippen LogP contribution in [0.3, 0.4) is 0 Å². The fourth-order valence-corrected chi connectivity index (χ4v) is 7.05. The number of piperidine rings is 1. The van der Waals surface area contributed by atoms with Crippen LogP contribution in [-0.4, -0.2) is 62.0 Å². The number of benzene rings is 2. The lowest BCUT2D eigenvalue weighted by Crippen LogP contribution is -2.50. The van der Waals surface area contributed by atoms with Gasteiger partial charge in [-0.1, -0.05) is 42.5 Å². The highest BCUT2D eigenvalue weighted by Crippen LogP contribution is 2.37. The third-order valence-electron chi connectivity index (χ3n) is 8.73. The first kappa shape index (κ1) is 28.6. The SMILES string of the molecule is CNC1CCc2cc(-c3snc4c(=O)n(CC5(O)CCN(C(=O)CC(c6ccccc6)C(F)F)CC5)cnc34)ccc21. The second-order valence-electron chi connectivity index (χ2n) is 11.3. The van der Waals surface area contributed by atoms with Gasteiger partial charge < -0.3 is 15.3 Å². The van der Waals surface area contributed by atoms with Gasteiger partial charge in [-0.15, -0.1) is 0 Å². The molecule has 2 unspecified atom stereocenters. The topological polar surface area (TPSA) is 100 Å². The highest BCUT2D eigenvalue weighted by atomic mass is 32.1. The third kappa shape index (κ3) is 5.48. The van der Waals surface area contributed by atoms with Crippen LogP contribution in [0.2, 0.25) is 0 Å². The van der Waals surface area contributed by atoms with Gasteiger partial charge in [0.05, 0.1) is 29.3 Å². The van der Waals surface area contributed by atoms with Crippen molar-refractivity contribution in [3.63, 3.8) is 0 Å². The maximum Gasteiger partial charge on any atom is 0.281 e. The molecule has 1 saturated heterocycles. The second-order valence-corrected chi connectivity index (χ2v) is 12.1. The molecule has 0 spiro atoms. The van der Waals surface area contributed by atoms with Crippen LogP contribution in [0.5, 0.6) is 0 Å². The number of nitrogens with one attached hydrogen (secondary N) is 1. The molecule has 2 aromatic heterocycles. The van der Waals surface area contributed by atoms with Gasteiger partial charge in [-0.3, -0.25) is 14.2 Å². The van der Waals surface area contributed by atoms with Crippen molar-refractivity contribution in [3.8, 4) is 10.4 Å². The predicted octanol–water partition coefficient (Wildman–Crippen LogP) is 4.52. The average Bonchev–Trinajstić information content (AvgIpc) is 3.62. The van der Waals surface area contributed by atoms with Crippen LogP contribution in [0.15, 0.2) is 59.7 Å². The lowest BCUT2D eigenvalue weighted by molar-refractivity contribution is -0.137. The number of nitrogens with zero attached hydrogens (tertiary/aromatic N) is 4. The molecular formula is C31H33F2N5O3S. The first-order valence-electron chi connectivity index (χ1n) is 14.2. The number of aryl methyl sites for hydroxylation is 1. The second kappa shape index (κ2) is 11.6. The fraction of sp³-hybridized carbons (Fsp3) is 0.419. The van der Waals surface area contributed by atoms with Gasteiger partial charge >= 0.3 is 0 Å². The Morgan fingerprint density at radius 2 is 1.93 bits per heavy atom. The third-order valence-corrected chi connectivity index (χ3v) is 9.61. The van der Waals surface area contributed by atoms with Crippen LogP contribution in [0.1, 0.15) is 54.3 Å². The smallest absolute Gasteiger partial charge is 0.281 e. The van der Waals surface area contributed by atoms with Crippen molar-refractivity contribution >= 4 is 28.5 Å².